The Hall–Kier alpha value is 0.660. The van der Waals surface area contributed by atoms with Gasteiger partial charge < -0.3 is 4.74 Å². The van der Waals surface area contributed by atoms with Gasteiger partial charge in [-0.1, -0.05) is 0 Å². The molecule has 0 aliphatic carbocycles. The summed E-state index contributed by atoms with van der Waals surface area (Å²) in [5, 5.41) is 0. The maximum atomic E-state index is 5.09. The lowest BCUT2D eigenvalue weighted by Gasteiger charge is -1.96. The Morgan fingerprint density at radius 2 is 2.30 bits per heavy atom. The van der Waals surface area contributed by atoms with Crippen molar-refractivity contribution in [2.45, 2.75) is 12.5 Å². The van der Waals surface area contributed by atoms with Crippen molar-refractivity contribution in [2.75, 3.05) is 30.1 Å². The average Bonchev–Trinajstić information content (AvgIpc) is 2.71. The topological polar surface area (TPSA) is 12.5 Å². The first kappa shape index (κ1) is 8.75. The quantitative estimate of drug-likeness (QED) is 0.455. The van der Waals surface area contributed by atoms with Gasteiger partial charge in [-0.2, -0.15) is 23.5 Å². The standard InChI is InChI=1S/C7H14OS2/c1-9-3-2-4-10-6-7-5-8-7/h7H,2-6H2,1H3. The highest BCUT2D eigenvalue weighted by Gasteiger charge is 2.21. The van der Waals surface area contributed by atoms with Gasteiger partial charge in [-0.15, -0.1) is 0 Å². The Morgan fingerprint density at radius 1 is 1.50 bits per heavy atom. The van der Waals surface area contributed by atoms with Crippen molar-refractivity contribution in [1.82, 2.24) is 0 Å². The molecule has 0 saturated carbocycles. The van der Waals surface area contributed by atoms with Crippen LogP contribution in [0.5, 0.6) is 0 Å². The highest BCUT2D eigenvalue weighted by Crippen LogP contribution is 2.16. The van der Waals surface area contributed by atoms with Gasteiger partial charge in [0.2, 0.25) is 0 Å². The molecule has 1 fully saturated rings. The number of rotatable bonds is 6. The summed E-state index contributed by atoms with van der Waals surface area (Å²) in [6.07, 6.45) is 4.12. The fourth-order valence-electron chi connectivity index (χ4n) is 0.684. The van der Waals surface area contributed by atoms with Crippen LogP contribution >= 0.6 is 23.5 Å². The summed E-state index contributed by atoms with van der Waals surface area (Å²) in [6, 6.07) is 0. The van der Waals surface area contributed by atoms with E-state index in [4.69, 9.17) is 4.74 Å². The molecule has 0 N–H and O–H groups in total. The molecule has 1 rings (SSSR count). The summed E-state index contributed by atoms with van der Waals surface area (Å²) >= 11 is 3.96. The lowest BCUT2D eigenvalue weighted by molar-refractivity contribution is 0.426. The van der Waals surface area contributed by atoms with Gasteiger partial charge >= 0.3 is 0 Å². The average molecular weight is 178 g/mol. The van der Waals surface area contributed by atoms with E-state index in [9.17, 15) is 0 Å². The number of epoxide rings is 1. The Bertz CT molecular complexity index is 83.7. The third-order valence-electron chi connectivity index (χ3n) is 1.34. The van der Waals surface area contributed by atoms with Crippen LogP contribution in [0.1, 0.15) is 6.42 Å². The molecule has 1 unspecified atom stereocenters. The summed E-state index contributed by atoms with van der Waals surface area (Å²) in [7, 11) is 0. The summed E-state index contributed by atoms with van der Waals surface area (Å²) in [5.41, 5.74) is 0. The summed E-state index contributed by atoms with van der Waals surface area (Å²) in [4.78, 5) is 0. The van der Waals surface area contributed by atoms with Crippen molar-refractivity contribution >= 4 is 23.5 Å². The fraction of sp³-hybridized carbons (Fsp3) is 1.00. The Labute approximate surface area is 71.3 Å². The summed E-state index contributed by atoms with van der Waals surface area (Å²) < 4.78 is 5.09. The van der Waals surface area contributed by atoms with Crippen LogP contribution in [-0.2, 0) is 4.74 Å². The molecular weight excluding hydrogens is 164 g/mol. The molecule has 0 bridgehead atoms. The molecule has 0 amide bonds. The molecule has 0 aromatic carbocycles. The van der Waals surface area contributed by atoms with E-state index >= 15 is 0 Å². The van der Waals surface area contributed by atoms with E-state index in [0.717, 1.165) is 6.61 Å². The molecule has 0 radical (unpaired) electrons. The Kier molecular flexibility index (Phi) is 4.66. The van der Waals surface area contributed by atoms with E-state index in [2.05, 4.69) is 6.26 Å². The van der Waals surface area contributed by atoms with Crippen LogP contribution in [0.15, 0.2) is 0 Å². The molecule has 1 aliphatic rings. The van der Waals surface area contributed by atoms with Crippen LogP contribution < -0.4 is 0 Å². The fourth-order valence-corrected chi connectivity index (χ4v) is 2.27. The third-order valence-corrected chi connectivity index (χ3v) is 3.23. The van der Waals surface area contributed by atoms with Crippen molar-refractivity contribution in [1.29, 1.82) is 0 Å². The third kappa shape index (κ3) is 4.47. The lowest BCUT2D eigenvalue weighted by atomic mass is 10.6. The van der Waals surface area contributed by atoms with E-state index in [0.29, 0.717) is 6.10 Å². The molecule has 3 heteroatoms. The van der Waals surface area contributed by atoms with Gasteiger partial charge in [-0.3, -0.25) is 0 Å². The van der Waals surface area contributed by atoms with E-state index in [1.165, 1.54) is 23.7 Å². The van der Waals surface area contributed by atoms with E-state index in [1.54, 1.807) is 0 Å². The van der Waals surface area contributed by atoms with Gasteiger partial charge in [-0.05, 0) is 24.2 Å². The van der Waals surface area contributed by atoms with Crippen LogP contribution in [0.25, 0.3) is 0 Å². The SMILES string of the molecule is CSCCCSCC1CO1. The molecule has 60 valence electrons. The second kappa shape index (κ2) is 5.33. The van der Waals surface area contributed by atoms with Crippen LogP contribution in [0, 0.1) is 0 Å². The number of hydrogen-bond donors (Lipinski definition) is 0. The minimum absolute atomic E-state index is 0.610. The van der Waals surface area contributed by atoms with Crippen LogP contribution in [-0.4, -0.2) is 36.2 Å². The van der Waals surface area contributed by atoms with Crippen molar-refractivity contribution in [3.8, 4) is 0 Å². The van der Waals surface area contributed by atoms with Gasteiger partial charge in [0, 0.05) is 5.75 Å². The molecular formula is C7H14OS2. The molecule has 0 aromatic rings. The maximum absolute atomic E-state index is 5.09. The van der Waals surface area contributed by atoms with E-state index < -0.39 is 0 Å². The molecule has 1 saturated heterocycles. The van der Waals surface area contributed by atoms with Crippen LogP contribution in [0.2, 0.25) is 0 Å². The van der Waals surface area contributed by atoms with Gasteiger partial charge in [0.05, 0.1) is 12.7 Å². The van der Waals surface area contributed by atoms with E-state index in [-0.39, 0.29) is 0 Å². The van der Waals surface area contributed by atoms with Gasteiger partial charge in [-0.25, -0.2) is 0 Å². The summed E-state index contributed by atoms with van der Waals surface area (Å²) in [5.74, 6) is 3.83. The number of hydrogen-bond acceptors (Lipinski definition) is 3. The second-order valence-corrected chi connectivity index (χ2v) is 4.51. The molecule has 1 nitrogen and oxygen atoms in total. The van der Waals surface area contributed by atoms with Crippen LogP contribution in [0.3, 0.4) is 0 Å². The van der Waals surface area contributed by atoms with Crippen LogP contribution in [0.4, 0.5) is 0 Å². The molecule has 1 atom stereocenters. The lowest BCUT2D eigenvalue weighted by Crippen LogP contribution is -1.91. The van der Waals surface area contributed by atoms with Crippen molar-refractivity contribution in [3.05, 3.63) is 0 Å². The number of ether oxygens (including phenoxy) is 1. The predicted molar refractivity (Wildman–Crippen MR) is 50.1 cm³/mol. The number of thioether (sulfide) groups is 2. The predicted octanol–water partition coefficient (Wildman–Crippen LogP) is 1.87. The van der Waals surface area contributed by atoms with Crippen molar-refractivity contribution < 1.29 is 4.74 Å². The minimum atomic E-state index is 0.610. The first-order valence-corrected chi connectivity index (χ1v) is 6.16. The Morgan fingerprint density at radius 3 is 2.90 bits per heavy atom. The first-order valence-electron chi connectivity index (χ1n) is 3.62. The normalized spacial score (nSPS) is 23.1. The molecule has 0 aromatic heterocycles. The zero-order chi connectivity index (χ0) is 7.23. The monoisotopic (exact) mass is 178 g/mol. The molecule has 0 spiro atoms. The van der Waals surface area contributed by atoms with Crippen molar-refractivity contribution in [2.24, 2.45) is 0 Å². The van der Waals surface area contributed by atoms with Crippen molar-refractivity contribution in [3.63, 3.8) is 0 Å². The second-order valence-electron chi connectivity index (χ2n) is 2.38. The Balaban J connectivity index is 1.68. The van der Waals surface area contributed by atoms with Gasteiger partial charge in [0.25, 0.3) is 0 Å². The summed E-state index contributed by atoms with van der Waals surface area (Å²) in [6.45, 7) is 1.01. The largest absolute Gasteiger partial charge is 0.372 e. The van der Waals surface area contributed by atoms with E-state index in [1.807, 2.05) is 23.5 Å². The molecule has 1 heterocycles. The smallest absolute Gasteiger partial charge is 0.0900 e. The van der Waals surface area contributed by atoms with Gasteiger partial charge in [0.15, 0.2) is 0 Å². The molecule has 10 heavy (non-hydrogen) atoms. The zero-order valence-electron chi connectivity index (χ0n) is 6.34. The van der Waals surface area contributed by atoms with Gasteiger partial charge in [0.1, 0.15) is 0 Å². The maximum Gasteiger partial charge on any atom is 0.0900 e. The first-order chi connectivity index (χ1) is 4.93. The minimum Gasteiger partial charge on any atom is -0.372 e. The highest BCUT2D eigenvalue weighted by atomic mass is 32.2. The highest BCUT2D eigenvalue weighted by molar-refractivity contribution is 7.99. The zero-order valence-corrected chi connectivity index (χ0v) is 7.97. The molecule has 1 aliphatic heterocycles.